The van der Waals surface area contributed by atoms with Crippen LogP contribution in [0.1, 0.15) is 10.4 Å². The first-order chi connectivity index (χ1) is 10.7. The van der Waals surface area contributed by atoms with Crippen LogP contribution in [-0.2, 0) is 4.74 Å². The quantitative estimate of drug-likeness (QED) is 0.693. The molecule has 6 heteroatoms. The average Bonchev–Trinajstić information content (AvgIpc) is 2.97. The molecule has 0 unspecified atom stereocenters. The summed E-state index contributed by atoms with van der Waals surface area (Å²) in [4.78, 5) is 27.0. The Morgan fingerprint density at radius 3 is 2.45 bits per heavy atom. The molecule has 1 aromatic carbocycles. The third-order valence-electron chi connectivity index (χ3n) is 3.15. The summed E-state index contributed by atoms with van der Waals surface area (Å²) in [6.45, 7) is 0. The number of carbonyl (C=O) groups is 1. The minimum absolute atomic E-state index is 0.421. The number of hydrogen-bond donors (Lipinski definition) is 0. The predicted octanol–water partition coefficient (Wildman–Crippen LogP) is 2.28. The van der Waals surface area contributed by atoms with E-state index in [1.165, 1.54) is 17.9 Å². The molecule has 3 aromatic rings. The highest BCUT2D eigenvalue weighted by Crippen LogP contribution is 2.21. The van der Waals surface area contributed by atoms with E-state index in [4.69, 9.17) is 4.52 Å². The van der Waals surface area contributed by atoms with Crippen LogP contribution < -0.4 is 5.63 Å². The molecule has 0 atom stereocenters. The zero-order valence-corrected chi connectivity index (χ0v) is 11.7. The molecular weight excluding hydrogens is 284 g/mol. The molecule has 0 fully saturated rings. The summed E-state index contributed by atoms with van der Waals surface area (Å²) in [6.07, 6.45) is 3.27. The van der Waals surface area contributed by atoms with Crippen LogP contribution in [0.5, 0.6) is 0 Å². The van der Waals surface area contributed by atoms with Crippen LogP contribution in [-0.4, -0.2) is 22.8 Å². The SMILES string of the molecule is COC(=O)c1ccc(-n2oc(=O)cc2-c2ccncc2)cc1. The fourth-order valence-electron chi connectivity index (χ4n) is 2.10. The number of methoxy groups -OCH3 is 1. The summed E-state index contributed by atoms with van der Waals surface area (Å²) in [6, 6.07) is 11.5. The molecule has 0 aliphatic rings. The molecule has 0 saturated heterocycles. The smallest absolute Gasteiger partial charge is 0.358 e. The molecule has 110 valence electrons. The minimum Gasteiger partial charge on any atom is -0.465 e. The largest absolute Gasteiger partial charge is 0.465 e. The summed E-state index contributed by atoms with van der Waals surface area (Å²) in [5, 5.41) is 0. The normalized spacial score (nSPS) is 10.4. The van der Waals surface area contributed by atoms with Crippen LogP contribution in [0, 0.1) is 0 Å². The maximum atomic E-state index is 11.6. The second-order valence-corrected chi connectivity index (χ2v) is 4.51. The first-order valence-electron chi connectivity index (χ1n) is 6.51. The van der Waals surface area contributed by atoms with E-state index in [0.717, 1.165) is 5.56 Å². The minimum atomic E-state index is -0.455. The van der Waals surface area contributed by atoms with E-state index in [1.54, 1.807) is 48.8 Å². The number of carbonyl (C=O) groups excluding carboxylic acids is 1. The lowest BCUT2D eigenvalue weighted by Crippen LogP contribution is -2.02. The Balaban J connectivity index is 2.06. The number of nitrogens with zero attached hydrogens (tertiary/aromatic N) is 2. The molecule has 0 bridgehead atoms. The van der Waals surface area contributed by atoms with Gasteiger partial charge < -0.3 is 9.26 Å². The van der Waals surface area contributed by atoms with Crippen LogP contribution in [0.3, 0.4) is 0 Å². The van der Waals surface area contributed by atoms with Gasteiger partial charge in [0.25, 0.3) is 0 Å². The van der Waals surface area contributed by atoms with Gasteiger partial charge in [-0.3, -0.25) is 4.98 Å². The lowest BCUT2D eigenvalue weighted by Gasteiger charge is -2.07. The molecule has 0 spiro atoms. The summed E-state index contributed by atoms with van der Waals surface area (Å²) in [7, 11) is 1.32. The molecule has 0 aliphatic heterocycles. The van der Waals surface area contributed by atoms with Crippen molar-refractivity contribution in [3.63, 3.8) is 0 Å². The summed E-state index contributed by atoms with van der Waals surface area (Å²) < 4.78 is 11.3. The Hall–Kier alpha value is -3.15. The third kappa shape index (κ3) is 2.54. The summed E-state index contributed by atoms with van der Waals surface area (Å²) in [5.41, 5.74) is 2.01. The standard InChI is InChI=1S/C16H12N2O4/c1-21-16(20)12-2-4-13(5-3-12)18-14(10-15(19)22-18)11-6-8-17-9-7-11/h2-10H,1H3. The van der Waals surface area contributed by atoms with E-state index >= 15 is 0 Å². The second-order valence-electron chi connectivity index (χ2n) is 4.51. The van der Waals surface area contributed by atoms with Crippen molar-refractivity contribution in [3.8, 4) is 16.9 Å². The van der Waals surface area contributed by atoms with Crippen molar-refractivity contribution in [1.29, 1.82) is 0 Å². The van der Waals surface area contributed by atoms with Gasteiger partial charge in [-0.2, -0.15) is 4.74 Å². The van der Waals surface area contributed by atoms with Gasteiger partial charge in [0.1, 0.15) is 0 Å². The molecule has 22 heavy (non-hydrogen) atoms. The maximum Gasteiger partial charge on any atom is 0.358 e. The topological polar surface area (TPSA) is 74.3 Å². The molecule has 6 nitrogen and oxygen atoms in total. The first-order valence-corrected chi connectivity index (χ1v) is 6.51. The Morgan fingerprint density at radius 2 is 1.82 bits per heavy atom. The zero-order valence-electron chi connectivity index (χ0n) is 11.7. The highest BCUT2D eigenvalue weighted by molar-refractivity contribution is 5.89. The van der Waals surface area contributed by atoms with Gasteiger partial charge in [-0.1, -0.05) is 0 Å². The van der Waals surface area contributed by atoms with Crippen LogP contribution in [0.2, 0.25) is 0 Å². The Bertz CT molecular complexity index is 848. The van der Waals surface area contributed by atoms with Gasteiger partial charge in [-0.05, 0) is 36.4 Å². The van der Waals surface area contributed by atoms with Crippen molar-refractivity contribution in [1.82, 2.24) is 9.72 Å². The lowest BCUT2D eigenvalue weighted by molar-refractivity contribution is 0.0600. The van der Waals surface area contributed by atoms with Gasteiger partial charge in [-0.15, -0.1) is 0 Å². The molecule has 0 N–H and O–H groups in total. The van der Waals surface area contributed by atoms with Gasteiger partial charge in [0.15, 0.2) is 0 Å². The molecule has 0 aliphatic carbocycles. The Morgan fingerprint density at radius 1 is 1.14 bits per heavy atom. The van der Waals surface area contributed by atoms with Gasteiger partial charge in [0.2, 0.25) is 0 Å². The van der Waals surface area contributed by atoms with Gasteiger partial charge in [0, 0.05) is 18.0 Å². The van der Waals surface area contributed by atoms with Crippen molar-refractivity contribution in [2.24, 2.45) is 0 Å². The summed E-state index contributed by atoms with van der Waals surface area (Å²) >= 11 is 0. The van der Waals surface area contributed by atoms with Crippen molar-refractivity contribution in [2.45, 2.75) is 0 Å². The molecule has 0 radical (unpaired) electrons. The number of benzene rings is 1. The first kappa shape index (κ1) is 13.8. The number of hydrogen-bond acceptors (Lipinski definition) is 5. The second kappa shape index (κ2) is 5.69. The monoisotopic (exact) mass is 296 g/mol. The molecule has 2 aromatic heterocycles. The molecular formula is C16H12N2O4. The number of ether oxygens (including phenoxy) is 1. The van der Waals surface area contributed by atoms with Crippen LogP contribution in [0.25, 0.3) is 16.9 Å². The maximum absolute atomic E-state index is 11.6. The predicted molar refractivity (Wildman–Crippen MR) is 78.9 cm³/mol. The van der Waals surface area contributed by atoms with E-state index in [0.29, 0.717) is 16.9 Å². The van der Waals surface area contributed by atoms with Crippen molar-refractivity contribution in [3.05, 3.63) is 70.8 Å². The fraction of sp³-hybridized carbons (Fsp3) is 0.0625. The van der Waals surface area contributed by atoms with Gasteiger partial charge >= 0.3 is 11.6 Å². The van der Waals surface area contributed by atoms with Gasteiger partial charge in [-0.25, -0.2) is 9.59 Å². The Labute approximate surface area is 125 Å². The van der Waals surface area contributed by atoms with Gasteiger partial charge in [0.05, 0.1) is 30.1 Å². The molecule has 2 heterocycles. The van der Waals surface area contributed by atoms with E-state index in [-0.39, 0.29) is 0 Å². The average molecular weight is 296 g/mol. The molecule has 3 rings (SSSR count). The summed E-state index contributed by atoms with van der Waals surface area (Å²) in [5.74, 6) is -0.421. The van der Waals surface area contributed by atoms with Crippen LogP contribution in [0.4, 0.5) is 0 Å². The number of rotatable bonds is 3. The van der Waals surface area contributed by atoms with Crippen molar-refractivity contribution < 1.29 is 14.1 Å². The lowest BCUT2D eigenvalue weighted by atomic mass is 10.1. The zero-order chi connectivity index (χ0) is 15.5. The van der Waals surface area contributed by atoms with Crippen molar-refractivity contribution in [2.75, 3.05) is 7.11 Å². The van der Waals surface area contributed by atoms with E-state index in [9.17, 15) is 9.59 Å². The highest BCUT2D eigenvalue weighted by Gasteiger charge is 2.12. The molecule has 0 amide bonds. The van der Waals surface area contributed by atoms with E-state index in [2.05, 4.69) is 9.72 Å². The Kier molecular flexibility index (Phi) is 3.57. The number of pyridine rings is 1. The third-order valence-corrected chi connectivity index (χ3v) is 3.15. The van der Waals surface area contributed by atoms with Crippen LogP contribution in [0.15, 0.2) is 64.2 Å². The van der Waals surface area contributed by atoms with Crippen molar-refractivity contribution >= 4 is 5.97 Å². The molecule has 0 saturated carbocycles. The highest BCUT2D eigenvalue weighted by atomic mass is 16.5. The van der Waals surface area contributed by atoms with Crippen LogP contribution >= 0.6 is 0 Å². The van der Waals surface area contributed by atoms with E-state index in [1.807, 2.05) is 0 Å². The van der Waals surface area contributed by atoms with E-state index < -0.39 is 11.6 Å². The fourth-order valence-corrected chi connectivity index (χ4v) is 2.10. The number of aromatic nitrogens is 2. The number of esters is 1.